The molecule has 1 unspecified atom stereocenters. The molecule has 2 amide bonds. The number of halogens is 1. The van der Waals surface area contributed by atoms with E-state index in [1.54, 1.807) is 18.7 Å². The van der Waals surface area contributed by atoms with Gasteiger partial charge in [0.2, 0.25) is 11.8 Å². The number of nitrogens with zero attached hydrogens (tertiary/aromatic N) is 1. The summed E-state index contributed by atoms with van der Waals surface area (Å²) in [5.74, 6) is -0.434. The molecular formula is C15H19ClN2O2. The van der Waals surface area contributed by atoms with Crippen LogP contribution in [0.25, 0.3) is 0 Å². The molecule has 20 heavy (non-hydrogen) atoms. The number of alkyl halides is 1. The molecule has 1 aromatic carbocycles. The molecule has 1 atom stereocenters. The highest BCUT2D eigenvalue weighted by molar-refractivity contribution is 6.19. The highest BCUT2D eigenvalue weighted by Crippen LogP contribution is 2.33. The van der Waals surface area contributed by atoms with Crippen molar-refractivity contribution in [2.24, 2.45) is 11.1 Å². The summed E-state index contributed by atoms with van der Waals surface area (Å²) in [5, 5.41) is 0. The van der Waals surface area contributed by atoms with E-state index >= 15 is 0 Å². The summed E-state index contributed by atoms with van der Waals surface area (Å²) in [6.45, 7) is 4.05. The summed E-state index contributed by atoms with van der Waals surface area (Å²) in [6.07, 6.45) is 0.726. The third kappa shape index (κ3) is 2.52. The van der Waals surface area contributed by atoms with Gasteiger partial charge in [0.25, 0.3) is 0 Å². The van der Waals surface area contributed by atoms with Crippen molar-refractivity contribution in [2.75, 3.05) is 12.4 Å². The largest absolute Gasteiger partial charge is 0.368 e. The molecule has 2 N–H and O–H groups in total. The number of amides is 2. The van der Waals surface area contributed by atoms with Crippen molar-refractivity contribution in [2.45, 2.75) is 26.3 Å². The summed E-state index contributed by atoms with van der Waals surface area (Å²) >= 11 is 5.87. The van der Waals surface area contributed by atoms with Crippen LogP contribution in [0.3, 0.4) is 0 Å². The van der Waals surface area contributed by atoms with E-state index in [4.69, 9.17) is 17.3 Å². The van der Waals surface area contributed by atoms with Gasteiger partial charge in [0.1, 0.15) is 6.04 Å². The highest BCUT2D eigenvalue weighted by Gasteiger charge is 2.40. The minimum atomic E-state index is -0.707. The number of fused-ring (bicyclic) bond motifs is 1. The first-order valence-corrected chi connectivity index (χ1v) is 7.16. The van der Waals surface area contributed by atoms with E-state index in [2.05, 4.69) is 0 Å². The quantitative estimate of drug-likeness (QED) is 0.865. The maximum Gasteiger partial charge on any atom is 0.244 e. The zero-order valence-corrected chi connectivity index (χ0v) is 12.5. The third-order valence-corrected chi connectivity index (χ3v) is 4.39. The fraction of sp³-hybridized carbons (Fsp3) is 0.467. The third-order valence-electron chi connectivity index (χ3n) is 3.73. The number of hydrogen-bond acceptors (Lipinski definition) is 2. The Bertz CT molecular complexity index is 542. The molecule has 0 aromatic heterocycles. The summed E-state index contributed by atoms with van der Waals surface area (Å²) in [7, 11) is 0. The number of carbonyl (C=O) groups excluding carboxylic acids is 2. The molecule has 0 saturated carbocycles. The number of hydrogen-bond donors (Lipinski definition) is 1. The van der Waals surface area contributed by atoms with Crippen LogP contribution in [0.15, 0.2) is 24.3 Å². The van der Waals surface area contributed by atoms with Crippen molar-refractivity contribution < 1.29 is 9.59 Å². The second-order valence-corrected chi connectivity index (χ2v) is 6.04. The topological polar surface area (TPSA) is 63.4 Å². The van der Waals surface area contributed by atoms with E-state index in [1.165, 1.54) is 0 Å². The monoisotopic (exact) mass is 294 g/mol. The minimum Gasteiger partial charge on any atom is -0.368 e. The smallest absolute Gasteiger partial charge is 0.244 e. The number of nitrogens with two attached hydrogens (primary N) is 1. The molecule has 1 aromatic rings. The Balaban J connectivity index is 2.42. The molecular weight excluding hydrogens is 276 g/mol. The Labute approximate surface area is 123 Å². The van der Waals surface area contributed by atoms with Crippen molar-refractivity contribution in [1.29, 1.82) is 0 Å². The molecule has 5 heteroatoms. The minimum absolute atomic E-state index is 0.134. The van der Waals surface area contributed by atoms with E-state index in [-0.39, 0.29) is 11.8 Å². The summed E-state index contributed by atoms with van der Waals surface area (Å²) in [5.41, 5.74) is 6.72. The maximum atomic E-state index is 12.6. The van der Waals surface area contributed by atoms with Gasteiger partial charge < -0.3 is 10.6 Å². The average molecular weight is 295 g/mol. The maximum absolute atomic E-state index is 12.6. The van der Waals surface area contributed by atoms with Gasteiger partial charge in [-0.25, -0.2) is 0 Å². The van der Waals surface area contributed by atoms with Gasteiger partial charge in [-0.05, 0) is 31.4 Å². The second kappa shape index (κ2) is 5.44. The first-order chi connectivity index (χ1) is 9.38. The summed E-state index contributed by atoms with van der Waals surface area (Å²) in [4.78, 5) is 26.0. The first kappa shape index (κ1) is 14.9. The van der Waals surface area contributed by atoms with E-state index in [9.17, 15) is 9.59 Å². The Morgan fingerprint density at radius 3 is 2.65 bits per heavy atom. The summed E-state index contributed by atoms with van der Waals surface area (Å²) in [6, 6.07) is 6.92. The Hall–Kier alpha value is -1.55. The van der Waals surface area contributed by atoms with E-state index in [0.717, 1.165) is 17.5 Å². The fourth-order valence-electron chi connectivity index (χ4n) is 2.54. The zero-order chi connectivity index (χ0) is 14.9. The van der Waals surface area contributed by atoms with Crippen LogP contribution in [0.1, 0.15) is 31.0 Å². The van der Waals surface area contributed by atoms with Crippen LogP contribution in [0.4, 0.5) is 0 Å². The van der Waals surface area contributed by atoms with Crippen molar-refractivity contribution in [1.82, 2.24) is 4.90 Å². The molecule has 0 radical (unpaired) electrons. The number of benzene rings is 1. The number of primary amides is 1. The van der Waals surface area contributed by atoms with Crippen LogP contribution in [-0.4, -0.2) is 29.1 Å². The lowest BCUT2D eigenvalue weighted by Crippen LogP contribution is -2.50. The van der Waals surface area contributed by atoms with E-state index in [0.29, 0.717) is 6.54 Å². The average Bonchev–Trinajstić information content (AvgIpc) is 2.44. The van der Waals surface area contributed by atoms with Crippen LogP contribution in [0, 0.1) is 5.41 Å². The Kier molecular flexibility index (Phi) is 4.04. The van der Waals surface area contributed by atoms with Crippen LogP contribution < -0.4 is 5.73 Å². The lowest BCUT2D eigenvalue weighted by molar-refractivity contribution is -0.146. The van der Waals surface area contributed by atoms with Gasteiger partial charge >= 0.3 is 0 Å². The molecule has 0 aliphatic carbocycles. The van der Waals surface area contributed by atoms with E-state index < -0.39 is 17.4 Å². The van der Waals surface area contributed by atoms with Gasteiger partial charge in [0, 0.05) is 12.4 Å². The molecule has 2 rings (SSSR count). The lowest BCUT2D eigenvalue weighted by Gasteiger charge is -2.39. The van der Waals surface area contributed by atoms with Gasteiger partial charge in [0.15, 0.2) is 0 Å². The Morgan fingerprint density at radius 1 is 1.40 bits per heavy atom. The molecule has 0 spiro atoms. The Morgan fingerprint density at radius 2 is 2.05 bits per heavy atom. The second-order valence-electron chi connectivity index (χ2n) is 5.77. The number of carbonyl (C=O) groups is 2. The van der Waals surface area contributed by atoms with Gasteiger partial charge in [-0.15, -0.1) is 11.6 Å². The molecule has 0 bridgehead atoms. The fourth-order valence-corrected chi connectivity index (χ4v) is 2.65. The van der Waals surface area contributed by atoms with Gasteiger partial charge in [-0.2, -0.15) is 0 Å². The molecule has 0 saturated heterocycles. The van der Waals surface area contributed by atoms with E-state index in [1.807, 2.05) is 24.3 Å². The molecule has 4 nitrogen and oxygen atoms in total. The number of rotatable bonds is 3. The van der Waals surface area contributed by atoms with Gasteiger partial charge in [-0.1, -0.05) is 24.3 Å². The molecule has 1 aliphatic rings. The normalized spacial score (nSPS) is 18.6. The summed E-state index contributed by atoms with van der Waals surface area (Å²) < 4.78 is 0. The standard InChI is InChI=1S/C15H19ClN2O2/c1-15(2,9-16)14(20)18-8-7-10-5-3-4-6-11(10)12(18)13(17)19/h3-6,12H,7-9H2,1-2H3,(H2,17,19). The first-order valence-electron chi connectivity index (χ1n) is 6.62. The molecule has 1 aliphatic heterocycles. The van der Waals surface area contributed by atoms with Crippen molar-refractivity contribution in [3.05, 3.63) is 35.4 Å². The van der Waals surface area contributed by atoms with Crippen LogP contribution in [0.5, 0.6) is 0 Å². The van der Waals surface area contributed by atoms with Crippen molar-refractivity contribution in [3.63, 3.8) is 0 Å². The van der Waals surface area contributed by atoms with Crippen molar-refractivity contribution >= 4 is 23.4 Å². The van der Waals surface area contributed by atoms with Crippen LogP contribution >= 0.6 is 11.6 Å². The molecule has 108 valence electrons. The van der Waals surface area contributed by atoms with Crippen molar-refractivity contribution in [3.8, 4) is 0 Å². The zero-order valence-electron chi connectivity index (χ0n) is 11.7. The predicted octanol–water partition coefficient (Wildman–Crippen LogP) is 1.86. The lowest BCUT2D eigenvalue weighted by atomic mass is 9.87. The van der Waals surface area contributed by atoms with Gasteiger partial charge in [-0.3, -0.25) is 9.59 Å². The highest BCUT2D eigenvalue weighted by atomic mass is 35.5. The predicted molar refractivity (Wildman–Crippen MR) is 78.3 cm³/mol. The van der Waals surface area contributed by atoms with Crippen LogP contribution in [-0.2, 0) is 16.0 Å². The van der Waals surface area contributed by atoms with Gasteiger partial charge in [0.05, 0.1) is 5.41 Å². The SMILES string of the molecule is CC(C)(CCl)C(=O)N1CCc2ccccc2C1C(N)=O. The molecule has 1 heterocycles. The molecule has 0 fully saturated rings. The van der Waals surface area contributed by atoms with Crippen LogP contribution in [0.2, 0.25) is 0 Å².